The number of benzene rings is 1. The van der Waals surface area contributed by atoms with Crippen molar-refractivity contribution in [3.63, 3.8) is 0 Å². The number of nitrogen functional groups attached to an aromatic ring is 1. The van der Waals surface area contributed by atoms with E-state index in [9.17, 15) is 9.18 Å². The van der Waals surface area contributed by atoms with E-state index in [1.165, 1.54) is 6.07 Å². The summed E-state index contributed by atoms with van der Waals surface area (Å²) < 4.78 is 15.2. The highest BCUT2D eigenvalue weighted by atomic mass is 19.1. The molecule has 0 aliphatic carbocycles. The topological polar surface area (TPSA) is 72.9 Å². The smallest absolute Gasteiger partial charge is 0.242 e. The van der Waals surface area contributed by atoms with E-state index in [0.29, 0.717) is 16.9 Å². The van der Waals surface area contributed by atoms with Crippen LogP contribution in [-0.2, 0) is 11.3 Å². The number of hydrogen-bond acceptors (Lipinski definition) is 3. The molecule has 2 rings (SSSR count). The van der Waals surface area contributed by atoms with E-state index in [1.807, 2.05) is 6.92 Å². The van der Waals surface area contributed by atoms with Crippen molar-refractivity contribution in [2.45, 2.75) is 33.4 Å². The van der Waals surface area contributed by atoms with Crippen LogP contribution < -0.4 is 11.1 Å². The Kier molecular flexibility index (Phi) is 4.26. The summed E-state index contributed by atoms with van der Waals surface area (Å²) in [5.41, 5.74) is 8.32. The molecule has 0 bridgehead atoms. The summed E-state index contributed by atoms with van der Waals surface area (Å²) in [6, 6.07) is 5.98. The molecule has 2 aromatic rings. The van der Waals surface area contributed by atoms with Gasteiger partial charge in [-0.3, -0.25) is 9.48 Å². The van der Waals surface area contributed by atoms with Gasteiger partial charge in [0.1, 0.15) is 12.4 Å². The van der Waals surface area contributed by atoms with Gasteiger partial charge in [0.05, 0.1) is 23.1 Å². The molecule has 6 heteroatoms. The average molecular weight is 290 g/mol. The van der Waals surface area contributed by atoms with Crippen LogP contribution in [0.3, 0.4) is 0 Å². The van der Waals surface area contributed by atoms with Gasteiger partial charge >= 0.3 is 0 Å². The molecule has 1 unspecified atom stereocenters. The van der Waals surface area contributed by atoms with Crippen molar-refractivity contribution in [1.82, 2.24) is 15.1 Å². The number of nitrogens with two attached hydrogens (primary N) is 1. The number of amides is 1. The second-order valence-corrected chi connectivity index (χ2v) is 5.05. The standard InChI is InChI=1S/C15H19FN4O/c1-9(12-6-4-5-7-13(12)16)18-14(21)8-20-11(3)15(17)10(2)19-20/h4-7,9H,8,17H2,1-3H3,(H,18,21). The number of hydrogen-bond donors (Lipinski definition) is 2. The summed E-state index contributed by atoms with van der Waals surface area (Å²) in [6.45, 7) is 5.40. The SMILES string of the molecule is Cc1nn(CC(=O)NC(C)c2ccccc2F)c(C)c1N. The number of aryl methyl sites for hydroxylation is 1. The third-order valence-electron chi connectivity index (χ3n) is 3.48. The number of nitrogens with one attached hydrogen (secondary N) is 1. The van der Waals surface area contributed by atoms with Gasteiger partial charge < -0.3 is 11.1 Å². The molecule has 0 aliphatic rings. The van der Waals surface area contributed by atoms with Gasteiger partial charge in [-0.15, -0.1) is 0 Å². The first-order chi connectivity index (χ1) is 9.90. The first kappa shape index (κ1) is 15.0. The van der Waals surface area contributed by atoms with Gasteiger partial charge in [0, 0.05) is 5.56 Å². The number of nitrogens with zero attached hydrogens (tertiary/aromatic N) is 2. The van der Waals surface area contributed by atoms with Crippen LogP contribution in [0.5, 0.6) is 0 Å². The van der Waals surface area contributed by atoms with E-state index in [1.54, 1.807) is 36.7 Å². The van der Waals surface area contributed by atoms with Crippen molar-refractivity contribution < 1.29 is 9.18 Å². The molecule has 0 saturated heterocycles. The van der Waals surface area contributed by atoms with Crippen molar-refractivity contribution in [1.29, 1.82) is 0 Å². The van der Waals surface area contributed by atoms with E-state index >= 15 is 0 Å². The van der Waals surface area contributed by atoms with E-state index in [2.05, 4.69) is 10.4 Å². The lowest BCUT2D eigenvalue weighted by Crippen LogP contribution is -2.31. The van der Waals surface area contributed by atoms with E-state index in [0.717, 1.165) is 5.69 Å². The summed E-state index contributed by atoms with van der Waals surface area (Å²) in [5, 5.41) is 6.96. The molecule has 112 valence electrons. The lowest BCUT2D eigenvalue weighted by Gasteiger charge is -2.15. The Balaban J connectivity index is 2.05. The number of aromatic nitrogens is 2. The van der Waals surface area contributed by atoms with Crippen molar-refractivity contribution >= 4 is 11.6 Å². The molecule has 1 aromatic heterocycles. The summed E-state index contributed by atoms with van der Waals surface area (Å²) in [7, 11) is 0. The number of carbonyl (C=O) groups is 1. The Bertz CT molecular complexity index is 666. The third kappa shape index (κ3) is 3.21. The lowest BCUT2D eigenvalue weighted by molar-refractivity contribution is -0.122. The van der Waals surface area contributed by atoms with Gasteiger partial charge in [-0.2, -0.15) is 5.10 Å². The highest BCUT2D eigenvalue weighted by Crippen LogP contribution is 2.17. The van der Waals surface area contributed by atoms with Crippen molar-refractivity contribution in [3.05, 3.63) is 47.0 Å². The molecular formula is C15H19FN4O. The van der Waals surface area contributed by atoms with Crippen molar-refractivity contribution in [2.24, 2.45) is 0 Å². The largest absolute Gasteiger partial charge is 0.396 e. The average Bonchev–Trinajstić information content (AvgIpc) is 2.66. The minimum absolute atomic E-state index is 0.0582. The maximum atomic E-state index is 13.7. The molecule has 1 heterocycles. The second kappa shape index (κ2) is 5.95. The van der Waals surface area contributed by atoms with Crippen molar-refractivity contribution in [2.75, 3.05) is 5.73 Å². The zero-order valence-corrected chi connectivity index (χ0v) is 12.4. The fraction of sp³-hybridized carbons (Fsp3) is 0.333. The Morgan fingerprint density at radius 1 is 1.43 bits per heavy atom. The second-order valence-electron chi connectivity index (χ2n) is 5.05. The first-order valence-corrected chi connectivity index (χ1v) is 6.73. The zero-order chi connectivity index (χ0) is 15.6. The summed E-state index contributed by atoms with van der Waals surface area (Å²) in [5.74, 6) is -0.572. The highest BCUT2D eigenvalue weighted by Gasteiger charge is 2.15. The normalized spacial score (nSPS) is 12.2. The van der Waals surface area contributed by atoms with Gasteiger partial charge in [0.25, 0.3) is 0 Å². The van der Waals surface area contributed by atoms with Crippen molar-refractivity contribution in [3.8, 4) is 0 Å². The molecular weight excluding hydrogens is 271 g/mol. The van der Waals surface area contributed by atoms with E-state index < -0.39 is 6.04 Å². The van der Waals surface area contributed by atoms with Crippen LogP contribution in [0.4, 0.5) is 10.1 Å². The van der Waals surface area contributed by atoms with Gasteiger partial charge in [0.15, 0.2) is 0 Å². The Morgan fingerprint density at radius 2 is 2.10 bits per heavy atom. The molecule has 1 aromatic carbocycles. The Hall–Kier alpha value is -2.37. The molecule has 0 saturated carbocycles. The highest BCUT2D eigenvalue weighted by molar-refractivity contribution is 5.76. The molecule has 0 radical (unpaired) electrons. The van der Waals surface area contributed by atoms with Crippen LogP contribution in [0.15, 0.2) is 24.3 Å². The van der Waals surface area contributed by atoms with Crippen LogP contribution in [0.1, 0.15) is 29.9 Å². The molecule has 3 N–H and O–H groups in total. The molecule has 1 amide bonds. The Morgan fingerprint density at radius 3 is 2.67 bits per heavy atom. The molecule has 21 heavy (non-hydrogen) atoms. The van der Waals surface area contributed by atoms with Crippen LogP contribution >= 0.6 is 0 Å². The summed E-state index contributed by atoms with van der Waals surface area (Å²) in [4.78, 5) is 12.0. The quantitative estimate of drug-likeness (QED) is 0.905. The monoisotopic (exact) mass is 290 g/mol. The molecule has 0 aliphatic heterocycles. The summed E-state index contributed by atoms with van der Waals surface area (Å²) >= 11 is 0. The molecule has 0 fully saturated rings. The molecule has 1 atom stereocenters. The molecule has 5 nitrogen and oxygen atoms in total. The van der Waals surface area contributed by atoms with Crippen LogP contribution in [-0.4, -0.2) is 15.7 Å². The van der Waals surface area contributed by atoms with Crippen LogP contribution in [0.2, 0.25) is 0 Å². The van der Waals surface area contributed by atoms with Gasteiger partial charge in [-0.05, 0) is 26.8 Å². The van der Waals surface area contributed by atoms with Gasteiger partial charge in [-0.1, -0.05) is 18.2 Å². The summed E-state index contributed by atoms with van der Waals surface area (Å²) in [6.07, 6.45) is 0. The predicted octanol–water partition coefficient (Wildman–Crippen LogP) is 2.10. The number of anilines is 1. The Labute approximate surface area is 123 Å². The fourth-order valence-corrected chi connectivity index (χ4v) is 2.19. The fourth-order valence-electron chi connectivity index (χ4n) is 2.19. The van der Waals surface area contributed by atoms with Gasteiger partial charge in [-0.25, -0.2) is 4.39 Å². The zero-order valence-electron chi connectivity index (χ0n) is 12.4. The molecule has 0 spiro atoms. The maximum absolute atomic E-state index is 13.7. The minimum Gasteiger partial charge on any atom is -0.396 e. The van der Waals surface area contributed by atoms with E-state index in [-0.39, 0.29) is 18.3 Å². The van der Waals surface area contributed by atoms with Gasteiger partial charge in [0.2, 0.25) is 5.91 Å². The van der Waals surface area contributed by atoms with Crippen LogP contribution in [0, 0.1) is 19.7 Å². The van der Waals surface area contributed by atoms with Crippen LogP contribution in [0.25, 0.3) is 0 Å². The third-order valence-corrected chi connectivity index (χ3v) is 3.48. The lowest BCUT2D eigenvalue weighted by atomic mass is 10.1. The maximum Gasteiger partial charge on any atom is 0.242 e. The first-order valence-electron chi connectivity index (χ1n) is 6.73. The predicted molar refractivity (Wildman–Crippen MR) is 79.1 cm³/mol. The van der Waals surface area contributed by atoms with E-state index in [4.69, 9.17) is 5.73 Å². The minimum atomic E-state index is -0.409. The number of carbonyl (C=O) groups excluding carboxylic acids is 1. The number of rotatable bonds is 4. The number of halogens is 1.